The van der Waals surface area contributed by atoms with Crippen molar-refractivity contribution >= 4 is 70.0 Å². The molecule has 23 heteroatoms. The number of amides is 1. The van der Waals surface area contributed by atoms with Crippen LogP contribution in [-0.4, -0.2) is 75.3 Å². The van der Waals surface area contributed by atoms with Gasteiger partial charge in [0, 0.05) is 42.8 Å². The third kappa shape index (κ3) is 13.6. The summed E-state index contributed by atoms with van der Waals surface area (Å²) in [6.07, 6.45) is -8.51. The van der Waals surface area contributed by atoms with E-state index in [4.69, 9.17) is 16.4 Å². The molecule has 1 aromatic carbocycles. The molecular formula is C37H31ClF9N9O4. The molecule has 6 bridgehead atoms. The third-order valence-corrected chi connectivity index (χ3v) is 8.77. The highest BCUT2D eigenvalue weighted by atomic mass is 35.5. The summed E-state index contributed by atoms with van der Waals surface area (Å²) in [4.78, 5) is 61.1. The van der Waals surface area contributed by atoms with Crippen LogP contribution in [0.3, 0.4) is 0 Å². The Morgan fingerprint density at radius 3 is 2.15 bits per heavy atom. The summed E-state index contributed by atoms with van der Waals surface area (Å²) in [5.41, 5.74) is 5.92. The minimum absolute atomic E-state index is 0.00364. The second kappa shape index (κ2) is 19.6. The van der Waals surface area contributed by atoms with Crippen molar-refractivity contribution in [2.24, 2.45) is 5.92 Å². The number of anilines is 6. The van der Waals surface area contributed by atoms with Crippen molar-refractivity contribution in [1.29, 1.82) is 5.26 Å². The molecule has 4 aromatic rings. The summed E-state index contributed by atoms with van der Waals surface area (Å²) in [5.74, 6) is -4.92. The number of hydrogen-bond donors (Lipinski definition) is 3. The van der Waals surface area contributed by atoms with Gasteiger partial charge in [0.05, 0.1) is 23.6 Å². The molecule has 5 heterocycles. The van der Waals surface area contributed by atoms with Gasteiger partial charge in [0.2, 0.25) is 18.1 Å². The number of piperidine rings is 1. The predicted octanol–water partition coefficient (Wildman–Crippen LogP) is 7.93. The number of benzene rings is 1. The van der Waals surface area contributed by atoms with E-state index < -0.39 is 36.4 Å². The van der Waals surface area contributed by atoms with Crippen molar-refractivity contribution in [2.75, 3.05) is 33.9 Å². The van der Waals surface area contributed by atoms with Crippen molar-refractivity contribution in [2.45, 2.75) is 57.6 Å². The zero-order valence-corrected chi connectivity index (χ0v) is 31.7. The summed E-state index contributed by atoms with van der Waals surface area (Å²) < 4.78 is 98.2. The van der Waals surface area contributed by atoms with Crippen molar-refractivity contribution < 1.29 is 58.7 Å². The molecule has 2 aliphatic rings. The summed E-state index contributed by atoms with van der Waals surface area (Å²) >= 11 is 6.39. The molecule has 1 fully saturated rings. The van der Waals surface area contributed by atoms with Gasteiger partial charge in [0.15, 0.2) is 5.82 Å². The Hall–Kier alpha value is -6.37. The number of alkyl halides is 9. The molecule has 0 spiro atoms. The van der Waals surface area contributed by atoms with E-state index in [9.17, 15) is 59.2 Å². The Morgan fingerprint density at radius 1 is 0.900 bits per heavy atom. The van der Waals surface area contributed by atoms with Crippen LogP contribution in [0.25, 0.3) is 0 Å². The highest BCUT2D eigenvalue weighted by Gasteiger charge is 2.54. The van der Waals surface area contributed by atoms with E-state index >= 15 is 0 Å². The molecule has 0 aliphatic carbocycles. The number of hydrogen-bond acceptors (Lipinski definition) is 12. The van der Waals surface area contributed by atoms with Gasteiger partial charge in [-0.3, -0.25) is 24.2 Å². The normalized spacial score (nSPS) is 14.0. The van der Waals surface area contributed by atoms with Gasteiger partial charge < -0.3 is 20.9 Å². The van der Waals surface area contributed by atoms with Crippen LogP contribution >= 0.6 is 11.6 Å². The van der Waals surface area contributed by atoms with Gasteiger partial charge in [0.25, 0.3) is 0 Å². The number of rotatable bonds is 5. The molecule has 1 saturated heterocycles. The van der Waals surface area contributed by atoms with Crippen molar-refractivity contribution in [1.82, 2.24) is 19.9 Å². The lowest BCUT2D eigenvalue weighted by atomic mass is 9.92. The first kappa shape index (κ1) is 46.3. The van der Waals surface area contributed by atoms with Gasteiger partial charge in [-0.1, -0.05) is 11.6 Å². The van der Waals surface area contributed by atoms with Crippen LogP contribution in [0.1, 0.15) is 41.6 Å². The molecule has 60 heavy (non-hydrogen) atoms. The lowest BCUT2D eigenvalue weighted by Crippen LogP contribution is -2.39. The SMILES string of the molecule is Cc1ccc(C#N)c(N2CCC(CC(=O)Nc3ccc4cc3CCc3cncc(c3)Nc3ncc(Cl)c(n3)N4)CC2)n1.O=C(C(=O)C(F)(F)F)C(F)(F)F.O=CC(F)(F)F. The second-order valence-corrected chi connectivity index (χ2v) is 13.4. The highest BCUT2D eigenvalue weighted by Crippen LogP contribution is 2.31. The largest absolute Gasteiger partial charge is 0.458 e. The molecule has 3 N–H and O–H groups in total. The number of pyridine rings is 2. The van der Waals surface area contributed by atoms with E-state index in [1.54, 1.807) is 12.4 Å². The lowest BCUT2D eigenvalue weighted by Gasteiger charge is -2.33. The molecule has 2 aliphatic heterocycles. The van der Waals surface area contributed by atoms with E-state index in [0.717, 1.165) is 72.1 Å². The van der Waals surface area contributed by atoms with Crippen LogP contribution in [0.2, 0.25) is 5.02 Å². The van der Waals surface area contributed by atoms with Crippen LogP contribution in [0, 0.1) is 24.2 Å². The van der Waals surface area contributed by atoms with Gasteiger partial charge >= 0.3 is 30.1 Å². The van der Waals surface area contributed by atoms with Crippen molar-refractivity contribution in [3.8, 4) is 6.07 Å². The minimum Gasteiger partial charge on any atom is -0.355 e. The number of ketones is 2. The molecular weight excluding hydrogens is 841 g/mol. The predicted molar refractivity (Wildman–Crippen MR) is 198 cm³/mol. The summed E-state index contributed by atoms with van der Waals surface area (Å²) in [6, 6.07) is 13.8. The molecule has 6 rings (SSSR count). The first-order valence-electron chi connectivity index (χ1n) is 17.4. The molecule has 3 aromatic heterocycles. The maximum absolute atomic E-state index is 13.2. The molecule has 318 valence electrons. The highest BCUT2D eigenvalue weighted by molar-refractivity contribution is 6.41. The maximum Gasteiger partial charge on any atom is 0.458 e. The smallest absolute Gasteiger partial charge is 0.355 e. The van der Waals surface area contributed by atoms with E-state index in [1.807, 2.05) is 49.5 Å². The van der Waals surface area contributed by atoms with Crippen LogP contribution in [0.4, 0.5) is 74.2 Å². The second-order valence-electron chi connectivity index (χ2n) is 13.0. The van der Waals surface area contributed by atoms with Gasteiger partial charge in [0.1, 0.15) is 16.9 Å². The number of fused-ring (bicyclic) bond motifs is 6. The zero-order valence-electron chi connectivity index (χ0n) is 30.9. The van der Waals surface area contributed by atoms with E-state index in [0.29, 0.717) is 35.2 Å². The van der Waals surface area contributed by atoms with Crippen molar-refractivity contribution in [3.05, 3.63) is 82.4 Å². The molecule has 1 amide bonds. The number of nitrogens with one attached hydrogen (secondary N) is 3. The first-order valence-corrected chi connectivity index (χ1v) is 17.8. The summed E-state index contributed by atoms with van der Waals surface area (Å²) in [5, 5.41) is 19.6. The zero-order chi connectivity index (χ0) is 44.4. The Kier molecular flexibility index (Phi) is 15.1. The molecule has 13 nitrogen and oxygen atoms in total. The van der Waals surface area contributed by atoms with E-state index in [-0.39, 0.29) is 11.8 Å². The van der Waals surface area contributed by atoms with Crippen LogP contribution in [0.15, 0.2) is 55.0 Å². The van der Waals surface area contributed by atoms with Gasteiger partial charge in [-0.15, -0.1) is 0 Å². The van der Waals surface area contributed by atoms with Crippen molar-refractivity contribution in [3.63, 3.8) is 0 Å². The lowest BCUT2D eigenvalue weighted by molar-refractivity contribution is -0.193. The number of Topliss-reactive ketones (excluding diaryl/α,β-unsaturated/α-hetero) is 2. The Morgan fingerprint density at radius 2 is 1.55 bits per heavy atom. The van der Waals surface area contributed by atoms with Crippen LogP contribution < -0.4 is 20.9 Å². The molecule has 0 radical (unpaired) electrons. The van der Waals surface area contributed by atoms with Crippen LogP contribution in [0.5, 0.6) is 0 Å². The number of nitriles is 1. The number of aryl methyl sites for hydroxylation is 3. The molecule has 0 saturated carbocycles. The number of aldehydes is 1. The fraction of sp³-hybridized carbons (Fsp3) is 0.324. The number of aromatic nitrogens is 4. The molecule has 0 atom stereocenters. The Labute approximate surface area is 339 Å². The number of halogens is 10. The number of carbonyl (C=O) groups excluding carboxylic acids is 4. The first-order chi connectivity index (χ1) is 28.1. The summed E-state index contributed by atoms with van der Waals surface area (Å²) in [7, 11) is 0. The molecule has 0 unspecified atom stereocenters. The van der Waals surface area contributed by atoms with E-state index in [1.165, 1.54) is 0 Å². The van der Waals surface area contributed by atoms with E-state index in [2.05, 4.69) is 46.9 Å². The minimum atomic E-state index is -5.77. The average molecular weight is 872 g/mol. The van der Waals surface area contributed by atoms with Crippen LogP contribution in [-0.2, 0) is 32.0 Å². The van der Waals surface area contributed by atoms with Gasteiger partial charge in [-0.25, -0.2) is 9.97 Å². The topological polar surface area (TPSA) is 183 Å². The number of carbonyl (C=O) groups is 4. The Bertz CT molecular complexity index is 2230. The number of nitrogens with zero attached hydrogens (tertiary/aromatic N) is 6. The monoisotopic (exact) mass is 871 g/mol. The van der Waals surface area contributed by atoms with Gasteiger partial charge in [-0.05, 0) is 86.1 Å². The quantitative estimate of drug-likeness (QED) is 0.100. The average Bonchev–Trinajstić information content (AvgIpc) is 3.18. The third-order valence-electron chi connectivity index (χ3n) is 8.50. The van der Waals surface area contributed by atoms with Gasteiger partial charge in [-0.2, -0.15) is 49.8 Å². The maximum atomic E-state index is 13.2. The fourth-order valence-corrected chi connectivity index (χ4v) is 5.83. The summed E-state index contributed by atoms with van der Waals surface area (Å²) in [6.45, 7) is 3.47. The Balaban J connectivity index is 0.000000370. The standard InChI is InChI=1S/C31H30ClN9O.C4F6O2.C2HF3O/c1-19-2-4-23(15-33)30(36-19)41-10-8-20(9-11-41)13-28(42)39-27-7-6-24-14-22(27)5-3-21-12-25(17-34-16-21)38-31-35-18-26(32)29(37-24)40-31;5-3(6,7)1(11)2(12)4(8,9)10;3-2(4,5)1-6/h2,4,6-7,12,14,16-18,20H,3,5,8-11,13H2,1H3,(H,39,42)(H2,35,37,38,40);;1H. The fourth-order valence-electron chi connectivity index (χ4n) is 5.69.